The molecule has 0 aliphatic heterocycles. The molecule has 0 aliphatic rings. The Labute approximate surface area is 103 Å². The fourth-order valence-electron chi connectivity index (χ4n) is 1.29. The summed E-state index contributed by atoms with van der Waals surface area (Å²) in [5, 5.41) is 3.31. The van der Waals surface area contributed by atoms with Crippen molar-refractivity contribution < 1.29 is 4.74 Å². The smallest absolute Gasteiger partial charge is 0.146 e. The predicted octanol–water partition coefficient (Wildman–Crippen LogP) is 1.06. The highest BCUT2D eigenvalue weighted by Crippen LogP contribution is 2.06. The number of hydrogen-bond acceptors (Lipinski definition) is 5. The number of hydrogen-bond donors (Lipinski definition) is 1. The van der Waals surface area contributed by atoms with E-state index < -0.39 is 0 Å². The molecule has 0 radical (unpaired) electrons. The van der Waals surface area contributed by atoms with Crippen LogP contribution in [0.25, 0.3) is 0 Å². The van der Waals surface area contributed by atoms with Gasteiger partial charge in [0.1, 0.15) is 5.82 Å². The Bertz CT molecular complexity index is 313. The summed E-state index contributed by atoms with van der Waals surface area (Å²) in [6.45, 7) is 6.48. The normalized spacial score (nSPS) is 10.9. The number of rotatable bonds is 7. The molecule has 0 atom stereocenters. The van der Waals surface area contributed by atoms with Gasteiger partial charge in [0.15, 0.2) is 0 Å². The highest BCUT2D eigenvalue weighted by atomic mass is 16.5. The van der Waals surface area contributed by atoms with E-state index in [4.69, 9.17) is 4.74 Å². The van der Waals surface area contributed by atoms with E-state index in [1.54, 1.807) is 13.3 Å². The summed E-state index contributed by atoms with van der Waals surface area (Å²) in [5.41, 5.74) is 0.961. The zero-order valence-electron chi connectivity index (χ0n) is 11.1. The lowest BCUT2D eigenvalue weighted by molar-refractivity contribution is 0.206. The highest BCUT2D eigenvalue weighted by Gasteiger charge is 2.03. The summed E-state index contributed by atoms with van der Waals surface area (Å²) in [6, 6.07) is 0.459. The molecule has 1 rings (SSSR count). The van der Waals surface area contributed by atoms with Crippen molar-refractivity contribution in [2.75, 3.05) is 32.2 Å². The first kappa shape index (κ1) is 13.9. The molecule has 0 saturated carbocycles. The Kier molecular flexibility index (Phi) is 5.86. The van der Waals surface area contributed by atoms with Crippen LogP contribution in [0.4, 0.5) is 5.82 Å². The van der Waals surface area contributed by atoms with Crippen molar-refractivity contribution in [2.45, 2.75) is 26.4 Å². The van der Waals surface area contributed by atoms with Gasteiger partial charge in [0.2, 0.25) is 0 Å². The molecule has 0 bridgehead atoms. The fourth-order valence-corrected chi connectivity index (χ4v) is 1.29. The minimum atomic E-state index is 0.459. The van der Waals surface area contributed by atoms with Crippen LogP contribution in [-0.2, 0) is 11.3 Å². The highest BCUT2D eigenvalue weighted by molar-refractivity contribution is 5.34. The third kappa shape index (κ3) is 5.10. The number of nitrogens with zero attached hydrogens (tertiary/aromatic N) is 3. The SMILES string of the molecule is COCCN(C)c1cnc(CNC(C)C)cn1. The second-order valence-electron chi connectivity index (χ2n) is 4.32. The molecule has 0 fully saturated rings. The van der Waals surface area contributed by atoms with Crippen molar-refractivity contribution in [1.82, 2.24) is 15.3 Å². The van der Waals surface area contributed by atoms with E-state index in [0.717, 1.165) is 24.6 Å². The molecule has 1 heterocycles. The fraction of sp³-hybridized carbons (Fsp3) is 0.667. The molecule has 0 spiro atoms. The van der Waals surface area contributed by atoms with Crippen LogP contribution in [0.2, 0.25) is 0 Å². The molecule has 0 amide bonds. The summed E-state index contributed by atoms with van der Waals surface area (Å²) in [7, 11) is 3.68. The van der Waals surface area contributed by atoms with Gasteiger partial charge in [-0.3, -0.25) is 4.98 Å². The van der Waals surface area contributed by atoms with E-state index in [0.29, 0.717) is 12.6 Å². The Morgan fingerprint density at radius 2 is 2.12 bits per heavy atom. The van der Waals surface area contributed by atoms with Crippen LogP contribution in [0, 0.1) is 0 Å². The van der Waals surface area contributed by atoms with E-state index in [2.05, 4.69) is 29.1 Å². The van der Waals surface area contributed by atoms with Gasteiger partial charge in [-0.2, -0.15) is 0 Å². The van der Waals surface area contributed by atoms with Gasteiger partial charge in [0, 0.05) is 33.3 Å². The topological polar surface area (TPSA) is 50.3 Å². The minimum Gasteiger partial charge on any atom is -0.383 e. The number of nitrogens with one attached hydrogen (secondary N) is 1. The first-order valence-electron chi connectivity index (χ1n) is 5.88. The quantitative estimate of drug-likeness (QED) is 0.769. The van der Waals surface area contributed by atoms with Crippen molar-refractivity contribution in [3.63, 3.8) is 0 Å². The summed E-state index contributed by atoms with van der Waals surface area (Å²) in [6.07, 6.45) is 3.61. The average molecular weight is 238 g/mol. The summed E-state index contributed by atoms with van der Waals surface area (Å²) in [5.74, 6) is 0.871. The third-order valence-electron chi connectivity index (χ3n) is 2.41. The predicted molar refractivity (Wildman–Crippen MR) is 69.2 cm³/mol. The Morgan fingerprint density at radius 3 is 2.65 bits per heavy atom. The van der Waals surface area contributed by atoms with Crippen molar-refractivity contribution in [3.8, 4) is 0 Å². The molecule has 0 unspecified atom stereocenters. The van der Waals surface area contributed by atoms with Gasteiger partial charge in [-0.05, 0) is 0 Å². The van der Waals surface area contributed by atoms with Crippen molar-refractivity contribution >= 4 is 5.82 Å². The Balaban J connectivity index is 2.49. The second kappa shape index (κ2) is 7.19. The molecule has 5 heteroatoms. The van der Waals surface area contributed by atoms with E-state index >= 15 is 0 Å². The van der Waals surface area contributed by atoms with Crippen LogP contribution in [0.3, 0.4) is 0 Å². The van der Waals surface area contributed by atoms with Gasteiger partial charge < -0.3 is 15.0 Å². The lowest BCUT2D eigenvalue weighted by Crippen LogP contribution is -2.24. The maximum atomic E-state index is 5.02. The zero-order chi connectivity index (χ0) is 12.7. The number of methoxy groups -OCH3 is 1. The molecule has 0 aliphatic carbocycles. The minimum absolute atomic E-state index is 0.459. The average Bonchev–Trinajstić information content (AvgIpc) is 2.34. The van der Waals surface area contributed by atoms with E-state index in [9.17, 15) is 0 Å². The van der Waals surface area contributed by atoms with E-state index in [1.807, 2.05) is 18.1 Å². The van der Waals surface area contributed by atoms with Crippen LogP contribution in [-0.4, -0.2) is 43.3 Å². The number of ether oxygens (including phenoxy) is 1. The van der Waals surface area contributed by atoms with Crippen LogP contribution in [0.1, 0.15) is 19.5 Å². The lowest BCUT2D eigenvalue weighted by Gasteiger charge is -2.17. The van der Waals surface area contributed by atoms with Gasteiger partial charge >= 0.3 is 0 Å². The van der Waals surface area contributed by atoms with Crippen LogP contribution < -0.4 is 10.2 Å². The number of likely N-dealkylation sites (N-methyl/N-ethyl adjacent to an activating group) is 1. The maximum Gasteiger partial charge on any atom is 0.146 e. The first-order chi connectivity index (χ1) is 8.13. The molecule has 1 aromatic heterocycles. The van der Waals surface area contributed by atoms with Gasteiger partial charge in [0.25, 0.3) is 0 Å². The zero-order valence-corrected chi connectivity index (χ0v) is 11.1. The molecular formula is C12H22N4O. The second-order valence-corrected chi connectivity index (χ2v) is 4.32. The monoisotopic (exact) mass is 238 g/mol. The van der Waals surface area contributed by atoms with Crippen LogP contribution in [0.5, 0.6) is 0 Å². The van der Waals surface area contributed by atoms with E-state index in [-0.39, 0.29) is 0 Å². The molecular weight excluding hydrogens is 216 g/mol. The van der Waals surface area contributed by atoms with Crippen molar-refractivity contribution in [3.05, 3.63) is 18.1 Å². The van der Waals surface area contributed by atoms with Gasteiger partial charge in [-0.15, -0.1) is 0 Å². The van der Waals surface area contributed by atoms with Gasteiger partial charge in [-0.25, -0.2) is 4.98 Å². The summed E-state index contributed by atoms with van der Waals surface area (Å²) >= 11 is 0. The maximum absolute atomic E-state index is 5.02. The Morgan fingerprint density at radius 1 is 1.35 bits per heavy atom. The molecule has 1 aromatic rings. The summed E-state index contributed by atoms with van der Waals surface area (Å²) in [4.78, 5) is 10.8. The van der Waals surface area contributed by atoms with Crippen molar-refractivity contribution in [2.24, 2.45) is 0 Å². The molecule has 1 N–H and O–H groups in total. The Hall–Kier alpha value is -1.20. The van der Waals surface area contributed by atoms with Gasteiger partial charge in [-0.1, -0.05) is 13.8 Å². The number of aromatic nitrogens is 2. The molecule has 0 aromatic carbocycles. The van der Waals surface area contributed by atoms with Crippen LogP contribution in [0.15, 0.2) is 12.4 Å². The van der Waals surface area contributed by atoms with Gasteiger partial charge in [0.05, 0.1) is 24.7 Å². The molecule has 0 saturated heterocycles. The molecule has 96 valence electrons. The third-order valence-corrected chi connectivity index (χ3v) is 2.41. The number of anilines is 1. The van der Waals surface area contributed by atoms with Crippen molar-refractivity contribution in [1.29, 1.82) is 0 Å². The molecule has 5 nitrogen and oxygen atoms in total. The standard InChI is InChI=1S/C12H22N4O/c1-10(2)13-7-11-8-15-12(9-14-11)16(3)5-6-17-4/h8-10,13H,5-7H2,1-4H3. The molecule has 17 heavy (non-hydrogen) atoms. The first-order valence-corrected chi connectivity index (χ1v) is 5.88. The summed E-state index contributed by atoms with van der Waals surface area (Å²) < 4.78 is 5.02. The van der Waals surface area contributed by atoms with E-state index in [1.165, 1.54) is 0 Å². The largest absolute Gasteiger partial charge is 0.383 e. The lowest BCUT2D eigenvalue weighted by atomic mass is 10.3. The van der Waals surface area contributed by atoms with Crippen LogP contribution >= 0.6 is 0 Å².